The summed E-state index contributed by atoms with van der Waals surface area (Å²) in [6, 6.07) is 8.77. The summed E-state index contributed by atoms with van der Waals surface area (Å²) in [6.45, 7) is 3.32. The molecule has 0 radical (unpaired) electrons. The maximum atomic E-state index is 12.1. The second-order valence-electron chi connectivity index (χ2n) is 7.04. The summed E-state index contributed by atoms with van der Waals surface area (Å²) in [4.78, 5) is 24.2. The lowest BCUT2D eigenvalue weighted by Crippen LogP contribution is -2.37. The standard InChI is InChI=1S/C20H27N5O2/c1-15(22-20(27)16-8-4-2-5-9-16)14-19(26)21-12-11-18-24-23-17-10-6-3-7-13-25(17)18/h2,4-5,8-9,15H,3,6-7,10-14H2,1H3,(H,21,26)(H,22,27). The zero-order valence-corrected chi connectivity index (χ0v) is 15.8. The van der Waals surface area contributed by atoms with Crippen molar-refractivity contribution in [3.8, 4) is 0 Å². The summed E-state index contributed by atoms with van der Waals surface area (Å²) < 4.78 is 2.20. The Kier molecular flexibility index (Phi) is 6.57. The van der Waals surface area contributed by atoms with E-state index in [1.54, 1.807) is 12.1 Å². The van der Waals surface area contributed by atoms with Crippen LogP contribution in [0.4, 0.5) is 0 Å². The number of benzene rings is 1. The molecule has 1 aliphatic heterocycles. The largest absolute Gasteiger partial charge is 0.356 e. The number of nitrogens with one attached hydrogen (secondary N) is 2. The lowest BCUT2D eigenvalue weighted by molar-refractivity contribution is -0.121. The van der Waals surface area contributed by atoms with Crippen molar-refractivity contribution in [3.05, 3.63) is 47.5 Å². The Labute approximate surface area is 159 Å². The van der Waals surface area contributed by atoms with Gasteiger partial charge in [-0.25, -0.2) is 0 Å². The van der Waals surface area contributed by atoms with E-state index in [0.717, 1.165) is 31.0 Å². The van der Waals surface area contributed by atoms with E-state index in [2.05, 4.69) is 25.4 Å². The van der Waals surface area contributed by atoms with E-state index in [-0.39, 0.29) is 24.3 Å². The number of carbonyl (C=O) groups excluding carboxylic acids is 2. The summed E-state index contributed by atoms with van der Waals surface area (Å²) in [5.41, 5.74) is 0.595. The van der Waals surface area contributed by atoms with Gasteiger partial charge in [0.15, 0.2) is 0 Å². The van der Waals surface area contributed by atoms with Gasteiger partial charge in [-0.2, -0.15) is 0 Å². The second-order valence-corrected chi connectivity index (χ2v) is 7.04. The maximum Gasteiger partial charge on any atom is 0.251 e. The third kappa shape index (κ3) is 5.39. The molecule has 2 amide bonds. The summed E-state index contributed by atoms with van der Waals surface area (Å²) in [6.07, 6.45) is 5.45. The van der Waals surface area contributed by atoms with Crippen LogP contribution in [-0.4, -0.2) is 39.2 Å². The number of fused-ring (bicyclic) bond motifs is 1. The Morgan fingerprint density at radius 1 is 1.15 bits per heavy atom. The fraction of sp³-hybridized carbons (Fsp3) is 0.500. The highest BCUT2D eigenvalue weighted by Gasteiger charge is 2.16. The van der Waals surface area contributed by atoms with Crippen molar-refractivity contribution in [3.63, 3.8) is 0 Å². The minimum atomic E-state index is -0.234. The van der Waals surface area contributed by atoms with Crippen LogP contribution in [0.3, 0.4) is 0 Å². The normalized spacial score (nSPS) is 14.7. The molecular weight excluding hydrogens is 342 g/mol. The highest BCUT2D eigenvalue weighted by atomic mass is 16.2. The van der Waals surface area contributed by atoms with Gasteiger partial charge in [0.2, 0.25) is 5.91 Å². The number of hydrogen-bond acceptors (Lipinski definition) is 4. The smallest absolute Gasteiger partial charge is 0.251 e. The topological polar surface area (TPSA) is 88.9 Å². The molecule has 1 aromatic heterocycles. The Bertz CT molecular complexity index is 772. The van der Waals surface area contributed by atoms with E-state index >= 15 is 0 Å². The van der Waals surface area contributed by atoms with Crippen LogP contribution < -0.4 is 10.6 Å². The van der Waals surface area contributed by atoms with Crippen molar-refractivity contribution < 1.29 is 9.59 Å². The van der Waals surface area contributed by atoms with Gasteiger partial charge in [-0.05, 0) is 31.9 Å². The van der Waals surface area contributed by atoms with Crippen molar-refractivity contribution >= 4 is 11.8 Å². The number of hydrogen-bond donors (Lipinski definition) is 2. The van der Waals surface area contributed by atoms with Crippen LogP contribution in [0.15, 0.2) is 30.3 Å². The van der Waals surface area contributed by atoms with Gasteiger partial charge in [-0.3, -0.25) is 9.59 Å². The predicted molar refractivity (Wildman–Crippen MR) is 102 cm³/mol. The molecule has 3 rings (SSSR count). The van der Waals surface area contributed by atoms with Crippen LogP contribution in [0.2, 0.25) is 0 Å². The first-order valence-corrected chi connectivity index (χ1v) is 9.67. The molecule has 1 unspecified atom stereocenters. The van der Waals surface area contributed by atoms with Crippen molar-refractivity contribution in [2.24, 2.45) is 0 Å². The third-order valence-corrected chi connectivity index (χ3v) is 4.76. The van der Waals surface area contributed by atoms with Crippen molar-refractivity contribution in [2.45, 2.75) is 58.0 Å². The van der Waals surface area contributed by atoms with E-state index < -0.39 is 0 Å². The zero-order chi connectivity index (χ0) is 19.1. The molecule has 0 spiro atoms. The van der Waals surface area contributed by atoms with Gasteiger partial charge in [0, 0.05) is 44.0 Å². The van der Waals surface area contributed by atoms with Gasteiger partial charge in [-0.1, -0.05) is 24.6 Å². The molecule has 0 aliphatic carbocycles. The first-order chi connectivity index (χ1) is 13.1. The van der Waals surface area contributed by atoms with Gasteiger partial charge in [0.1, 0.15) is 11.6 Å². The fourth-order valence-corrected chi connectivity index (χ4v) is 3.34. The van der Waals surface area contributed by atoms with Crippen LogP contribution in [0.5, 0.6) is 0 Å². The van der Waals surface area contributed by atoms with Crippen LogP contribution in [0, 0.1) is 0 Å². The van der Waals surface area contributed by atoms with Crippen molar-refractivity contribution in [2.75, 3.05) is 6.54 Å². The quantitative estimate of drug-likeness (QED) is 0.780. The Morgan fingerprint density at radius 2 is 1.96 bits per heavy atom. The van der Waals surface area contributed by atoms with Gasteiger partial charge in [0.25, 0.3) is 5.91 Å². The number of rotatable bonds is 7. The predicted octanol–water partition coefficient (Wildman–Crippen LogP) is 1.87. The molecule has 1 aromatic carbocycles. The molecule has 7 heteroatoms. The van der Waals surface area contributed by atoms with Gasteiger partial charge >= 0.3 is 0 Å². The molecule has 1 atom stereocenters. The van der Waals surface area contributed by atoms with Gasteiger partial charge in [-0.15, -0.1) is 10.2 Å². The average molecular weight is 369 g/mol. The minimum Gasteiger partial charge on any atom is -0.356 e. The number of aryl methyl sites for hydroxylation is 1. The average Bonchev–Trinajstić information content (AvgIpc) is 2.88. The Balaban J connectivity index is 1.41. The van der Waals surface area contributed by atoms with Crippen LogP contribution in [-0.2, 0) is 24.2 Å². The molecule has 27 heavy (non-hydrogen) atoms. The highest BCUT2D eigenvalue weighted by molar-refractivity contribution is 5.94. The SMILES string of the molecule is CC(CC(=O)NCCc1nnc2n1CCCCC2)NC(=O)c1ccccc1. The summed E-state index contributed by atoms with van der Waals surface area (Å²) in [5.74, 6) is 1.76. The molecule has 0 fully saturated rings. The summed E-state index contributed by atoms with van der Waals surface area (Å²) in [5, 5.41) is 14.3. The molecular formula is C20H27N5O2. The molecule has 2 heterocycles. The molecule has 0 saturated carbocycles. The molecule has 144 valence electrons. The fourth-order valence-electron chi connectivity index (χ4n) is 3.34. The van der Waals surface area contributed by atoms with Gasteiger partial charge < -0.3 is 15.2 Å². The monoisotopic (exact) mass is 369 g/mol. The Hall–Kier alpha value is -2.70. The first kappa shape index (κ1) is 19.1. The van der Waals surface area contributed by atoms with Crippen LogP contribution >= 0.6 is 0 Å². The summed E-state index contributed by atoms with van der Waals surface area (Å²) >= 11 is 0. The van der Waals surface area contributed by atoms with Crippen LogP contribution in [0.25, 0.3) is 0 Å². The van der Waals surface area contributed by atoms with E-state index in [1.165, 1.54) is 12.8 Å². The lowest BCUT2D eigenvalue weighted by Gasteiger charge is -2.14. The molecule has 2 aromatic rings. The van der Waals surface area contributed by atoms with Crippen molar-refractivity contribution in [1.82, 2.24) is 25.4 Å². The number of aromatic nitrogens is 3. The molecule has 0 saturated heterocycles. The number of nitrogens with zero attached hydrogens (tertiary/aromatic N) is 3. The van der Waals surface area contributed by atoms with E-state index in [0.29, 0.717) is 18.5 Å². The van der Waals surface area contributed by atoms with E-state index in [9.17, 15) is 9.59 Å². The summed E-state index contributed by atoms with van der Waals surface area (Å²) in [7, 11) is 0. The molecule has 2 N–H and O–H groups in total. The highest BCUT2D eigenvalue weighted by Crippen LogP contribution is 2.14. The van der Waals surface area contributed by atoms with E-state index in [1.807, 2.05) is 25.1 Å². The second kappa shape index (κ2) is 9.30. The maximum absolute atomic E-state index is 12.1. The zero-order valence-electron chi connectivity index (χ0n) is 15.8. The molecule has 0 bridgehead atoms. The lowest BCUT2D eigenvalue weighted by atomic mass is 10.1. The molecule has 1 aliphatic rings. The van der Waals surface area contributed by atoms with Gasteiger partial charge in [0.05, 0.1) is 0 Å². The minimum absolute atomic E-state index is 0.0773. The van der Waals surface area contributed by atoms with Crippen molar-refractivity contribution in [1.29, 1.82) is 0 Å². The third-order valence-electron chi connectivity index (χ3n) is 4.76. The first-order valence-electron chi connectivity index (χ1n) is 9.67. The number of carbonyl (C=O) groups is 2. The van der Waals surface area contributed by atoms with E-state index in [4.69, 9.17) is 0 Å². The van der Waals surface area contributed by atoms with Crippen LogP contribution in [0.1, 0.15) is 54.6 Å². The Morgan fingerprint density at radius 3 is 2.78 bits per heavy atom. The number of amides is 2. The molecule has 7 nitrogen and oxygen atoms in total.